The summed E-state index contributed by atoms with van der Waals surface area (Å²) in [6.45, 7) is 12.6. The molecule has 2 aliphatic heterocycles. The van der Waals surface area contributed by atoms with Gasteiger partial charge in [-0.25, -0.2) is 0 Å². The molecule has 1 unspecified atom stereocenters. The highest BCUT2D eigenvalue weighted by Crippen LogP contribution is 2.45. The second-order valence-electron chi connectivity index (χ2n) is 7.02. The fourth-order valence-electron chi connectivity index (χ4n) is 3.24. The Hall–Kier alpha value is -0.0800. The van der Waals surface area contributed by atoms with E-state index < -0.39 is 0 Å². The molecule has 0 aromatic rings. The van der Waals surface area contributed by atoms with Crippen molar-refractivity contribution in [1.29, 1.82) is 0 Å². The third-order valence-corrected chi connectivity index (χ3v) is 5.07. The van der Waals surface area contributed by atoms with Gasteiger partial charge in [-0.2, -0.15) is 0 Å². The van der Waals surface area contributed by atoms with Crippen LogP contribution in [0.3, 0.4) is 0 Å². The van der Waals surface area contributed by atoms with E-state index in [4.69, 9.17) is 9.73 Å². The smallest absolute Gasteiger partial charge is 0.193 e. The lowest BCUT2D eigenvalue weighted by atomic mass is 10.1. The Kier molecular flexibility index (Phi) is 6.76. The van der Waals surface area contributed by atoms with Gasteiger partial charge in [-0.3, -0.25) is 9.89 Å². The first-order valence-electron chi connectivity index (χ1n) is 8.55. The number of aliphatic imine (C=N–C) groups is 1. The van der Waals surface area contributed by atoms with Crippen molar-refractivity contribution in [3.05, 3.63) is 0 Å². The predicted molar refractivity (Wildman–Crippen MR) is 101 cm³/mol. The maximum absolute atomic E-state index is 5.46. The number of guanidine groups is 1. The van der Waals surface area contributed by atoms with Crippen LogP contribution in [0.2, 0.25) is 0 Å². The SMILES string of the molecule is CCNC(=NCC1(C)CC1)N1CCC(N2CCOCC2)C1.I. The zero-order chi connectivity index (χ0) is 14.7. The molecule has 1 N–H and O–H groups in total. The molecule has 2 heterocycles. The van der Waals surface area contributed by atoms with E-state index in [1.807, 2.05) is 0 Å². The van der Waals surface area contributed by atoms with Gasteiger partial charge in [-0.1, -0.05) is 6.92 Å². The second kappa shape index (κ2) is 8.15. The zero-order valence-corrected chi connectivity index (χ0v) is 16.3. The Balaban J connectivity index is 0.00000176. The molecule has 0 aromatic heterocycles. The highest BCUT2D eigenvalue weighted by Gasteiger charge is 2.37. The summed E-state index contributed by atoms with van der Waals surface area (Å²) in [4.78, 5) is 9.94. The van der Waals surface area contributed by atoms with Gasteiger partial charge < -0.3 is 15.0 Å². The van der Waals surface area contributed by atoms with Gasteiger partial charge in [0.15, 0.2) is 5.96 Å². The quantitative estimate of drug-likeness (QED) is 0.426. The number of ether oxygens (including phenoxy) is 1. The number of hydrogen-bond donors (Lipinski definition) is 1. The molecule has 5 nitrogen and oxygen atoms in total. The minimum atomic E-state index is 0. The fraction of sp³-hybridized carbons (Fsp3) is 0.938. The molecule has 3 rings (SSSR count). The molecule has 3 aliphatic rings. The van der Waals surface area contributed by atoms with Gasteiger partial charge in [-0.15, -0.1) is 24.0 Å². The first kappa shape index (κ1) is 18.3. The second-order valence-corrected chi connectivity index (χ2v) is 7.02. The average molecular weight is 422 g/mol. The maximum atomic E-state index is 5.46. The van der Waals surface area contributed by atoms with E-state index in [1.54, 1.807) is 0 Å². The van der Waals surface area contributed by atoms with Crippen LogP contribution in [0.4, 0.5) is 0 Å². The molecule has 2 saturated heterocycles. The lowest BCUT2D eigenvalue weighted by Gasteiger charge is -2.32. The molecule has 22 heavy (non-hydrogen) atoms. The standard InChI is InChI=1S/C16H30N4O.HI/c1-3-17-15(18-13-16(2)5-6-16)20-7-4-14(12-20)19-8-10-21-11-9-19;/h14H,3-13H2,1-2H3,(H,17,18);1H. The Morgan fingerprint density at radius 1 is 1.27 bits per heavy atom. The molecule has 0 amide bonds. The van der Waals surface area contributed by atoms with Crippen LogP contribution in [-0.4, -0.2) is 74.3 Å². The Morgan fingerprint density at radius 3 is 2.64 bits per heavy atom. The highest BCUT2D eigenvalue weighted by atomic mass is 127. The van der Waals surface area contributed by atoms with Gasteiger partial charge in [0.25, 0.3) is 0 Å². The van der Waals surface area contributed by atoms with Crippen molar-refractivity contribution >= 4 is 29.9 Å². The lowest BCUT2D eigenvalue weighted by molar-refractivity contribution is 0.0195. The molecule has 0 bridgehead atoms. The number of hydrogen-bond acceptors (Lipinski definition) is 3. The van der Waals surface area contributed by atoms with E-state index in [-0.39, 0.29) is 24.0 Å². The maximum Gasteiger partial charge on any atom is 0.193 e. The molecule has 3 fully saturated rings. The molecule has 128 valence electrons. The summed E-state index contributed by atoms with van der Waals surface area (Å²) < 4.78 is 5.46. The summed E-state index contributed by atoms with van der Waals surface area (Å²) in [5.41, 5.74) is 0.490. The summed E-state index contributed by atoms with van der Waals surface area (Å²) in [5, 5.41) is 3.48. The van der Waals surface area contributed by atoms with Crippen molar-refractivity contribution < 1.29 is 4.74 Å². The number of likely N-dealkylation sites (tertiary alicyclic amines) is 1. The van der Waals surface area contributed by atoms with E-state index in [0.717, 1.165) is 58.4 Å². The average Bonchev–Trinajstić information content (AvgIpc) is 3.05. The van der Waals surface area contributed by atoms with E-state index in [9.17, 15) is 0 Å². The number of morpholine rings is 1. The lowest BCUT2D eigenvalue weighted by Crippen LogP contribution is -2.46. The Labute approximate surface area is 151 Å². The first-order valence-corrected chi connectivity index (χ1v) is 8.55. The van der Waals surface area contributed by atoms with Gasteiger partial charge in [-0.05, 0) is 31.6 Å². The van der Waals surface area contributed by atoms with Crippen LogP contribution in [-0.2, 0) is 4.74 Å². The van der Waals surface area contributed by atoms with Crippen LogP contribution in [0.25, 0.3) is 0 Å². The largest absolute Gasteiger partial charge is 0.379 e. The third kappa shape index (κ3) is 4.71. The van der Waals surface area contributed by atoms with Crippen LogP contribution >= 0.6 is 24.0 Å². The van der Waals surface area contributed by atoms with Gasteiger partial charge in [0.05, 0.1) is 13.2 Å². The molecular formula is C16H31IN4O. The summed E-state index contributed by atoms with van der Waals surface area (Å²) >= 11 is 0. The van der Waals surface area contributed by atoms with E-state index >= 15 is 0 Å². The molecule has 0 spiro atoms. The number of nitrogens with zero attached hydrogens (tertiary/aromatic N) is 3. The molecule has 0 aromatic carbocycles. The van der Waals surface area contributed by atoms with E-state index in [1.165, 1.54) is 19.3 Å². The van der Waals surface area contributed by atoms with Gasteiger partial charge in [0.2, 0.25) is 0 Å². The number of rotatable bonds is 4. The first-order chi connectivity index (χ1) is 10.2. The molecule has 1 aliphatic carbocycles. The zero-order valence-electron chi connectivity index (χ0n) is 14.0. The Bertz CT molecular complexity index is 380. The monoisotopic (exact) mass is 422 g/mol. The predicted octanol–water partition coefficient (Wildman–Crippen LogP) is 1.78. The van der Waals surface area contributed by atoms with Crippen LogP contribution in [0.15, 0.2) is 4.99 Å². The molecule has 0 radical (unpaired) electrons. The minimum absolute atomic E-state index is 0. The number of halogens is 1. The van der Waals surface area contributed by atoms with Crippen molar-refractivity contribution in [3.63, 3.8) is 0 Å². The van der Waals surface area contributed by atoms with Gasteiger partial charge >= 0.3 is 0 Å². The topological polar surface area (TPSA) is 40.1 Å². The van der Waals surface area contributed by atoms with E-state index in [0.29, 0.717) is 11.5 Å². The van der Waals surface area contributed by atoms with Crippen molar-refractivity contribution in [2.45, 2.75) is 39.2 Å². The molecule has 6 heteroatoms. The summed E-state index contributed by atoms with van der Waals surface area (Å²) in [7, 11) is 0. The van der Waals surface area contributed by atoms with Crippen LogP contribution < -0.4 is 5.32 Å². The molecular weight excluding hydrogens is 391 g/mol. The van der Waals surface area contributed by atoms with Crippen molar-refractivity contribution in [2.24, 2.45) is 10.4 Å². The molecule has 1 atom stereocenters. The third-order valence-electron chi connectivity index (χ3n) is 5.07. The summed E-state index contributed by atoms with van der Waals surface area (Å²) in [6, 6.07) is 0.675. The normalized spacial score (nSPS) is 28.4. The molecule has 1 saturated carbocycles. The van der Waals surface area contributed by atoms with Crippen molar-refractivity contribution in [3.8, 4) is 0 Å². The van der Waals surface area contributed by atoms with Gasteiger partial charge in [0.1, 0.15) is 0 Å². The highest BCUT2D eigenvalue weighted by molar-refractivity contribution is 14.0. The van der Waals surface area contributed by atoms with E-state index in [2.05, 4.69) is 29.0 Å². The minimum Gasteiger partial charge on any atom is -0.379 e. The van der Waals surface area contributed by atoms with Crippen molar-refractivity contribution in [2.75, 3.05) is 52.5 Å². The Morgan fingerprint density at radius 2 is 2.00 bits per heavy atom. The van der Waals surface area contributed by atoms with Crippen LogP contribution in [0.5, 0.6) is 0 Å². The fourth-order valence-corrected chi connectivity index (χ4v) is 3.24. The number of nitrogens with one attached hydrogen (secondary N) is 1. The van der Waals surface area contributed by atoms with Gasteiger partial charge in [0, 0.05) is 45.3 Å². The summed E-state index contributed by atoms with van der Waals surface area (Å²) in [6.07, 6.45) is 3.93. The van der Waals surface area contributed by atoms with Crippen LogP contribution in [0, 0.1) is 5.41 Å². The van der Waals surface area contributed by atoms with Crippen molar-refractivity contribution in [1.82, 2.24) is 15.1 Å². The van der Waals surface area contributed by atoms with Crippen LogP contribution in [0.1, 0.15) is 33.1 Å². The summed E-state index contributed by atoms with van der Waals surface area (Å²) in [5.74, 6) is 1.13.